The van der Waals surface area contributed by atoms with E-state index in [2.05, 4.69) is 34.6 Å². The summed E-state index contributed by atoms with van der Waals surface area (Å²) in [5.74, 6) is 3.25. The molecule has 6 unspecified atom stereocenters. The summed E-state index contributed by atoms with van der Waals surface area (Å²) in [6, 6.07) is 0. The second kappa shape index (κ2) is 6.13. The molecule has 25 heavy (non-hydrogen) atoms. The van der Waals surface area contributed by atoms with E-state index in [1.807, 2.05) is 26.0 Å². The molecular formula is C23H38O2. The normalized spacial score (nSPS) is 39.8. The number of allylic oxidation sites excluding steroid dienone is 1. The summed E-state index contributed by atoms with van der Waals surface area (Å²) in [6.45, 7) is 15.1. The highest BCUT2D eigenvalue weighted by atomic mass is 16.6. The average molecular weight is 347 g/mol. The summed E-state index contributed by atoms with van der Waals surface area (Å²) < 4.78 is 6.59. The van der Waals surface area contributed by atoms with Crippen LogP contribution in [-0.4, -0.2) is 11.6 Å². The molecule has 6 atom stereocenters. The van der Waals surface area contributed by atoms with Crippen molar-refractivity contribution >= 4 is 5.97 Å². The van der Waals surface area contributed by atoms with Gasteiger partial charge in [0.25, 0.3) is 0 Å². The van der Waals surface area contributed by atoms with Crippen LogP contribution in [0.1, 0.15) is 80.6 Å². The van der Waals surface area contributed by atoms with Crippen molar-refractivity contribution in [1.82, 2.24) is 0 Å². The third-order valence-electron chi connectivity index (χ3n) is 8.16. The molecule has 3 aliphatic rings. The Labute approximate surface area is 154 Å². The Bertz CT molecular complexity index is 555. The van der Waals surface area contributed by atoms with Gasteiger partial charge in [0.05, 0.1) is 5.41 Å². The van der Waals surface area contributed by atoms with Crippen LogP contribution >= 0.6 is 0 Å². The molecule has 0 N–H and O–H groups in total. The summed E-state index contributed by atoms with van der Waals surface area (Å²) in [7, 11) is 0. The number of carbonyl (C=O) groups is 1. The second-order valence-electron chi connectivity index (χ2n) is 10.5. The van der Waals surface area contributed by atoms with Crippen molar-refractivity contribution < 1.29 is 9.53 Å². The Morgan fingerprint density at radius 1 is 1.16 bits per heavy atom. The molecule has 0 heterocycles. The number of rotatable bonds is 4. The molecule has 0 amide bonds. The third-order valence-corrected chi connectivity index (χ3v) is 8.16. The van der Waals surface area contributed by atoms with E-state index in [4.69, 9.17) is 4.74 Å². The minimum absolute atomic E-state index is 0.0105. The maximum Gasteiger partial charge on any atom is 0.316 e. The monoisotopic (exact) mass is 346 g/mol. The lowest BCUT2D eigenvalue weighted by molar-refractivity contribution is -0.200. The molecule has 0 aromatic carbocycles. The maximum absolute atomic E-state index is 13.4. The molecule has 2 bridgehead atoms. The maximum atomic E-state index is 13.4. The zero-order chi connectivity index (χ0) is 18.6. The molecule has 2 nitrogen and oxygen atoms in total. The van der Waals surface area contributed by atoms with Crippen LogP contribution in [0.25, 0.3) is 0 Å². The van der Waals surface area contributed by atoms with Gasteiger partial charge in [0.1, 0.15) is 5.60 Å². The molecule has 142 valence electrons. The molecule has 0 saturated heterocycles. The van der Waals surface area contributed by atoms with Gasteiger partial charge in [0.15, 0.2) is 0 Å². The predicted molar refractivity (Wildman–Crippen MR) is 103 cm³/mol. The Morgan fingerprint density at radius 3 is 2.36 bits per heavy atom. The highest BCUT2D eigenvalue weighted by Gasteiger charge is 2.67. The molecule has 3 aliphatic carbocycles. The minimum atomic E-state index is -0.538. The fourth-order valence-corrected chi connectivity index (χ4v) is 6.34. The molecule has 0 aliphatic heterocycles. The van der Waals surface area contributed by atoms with Crippen molar-refractivity contribution in [2.75, 3.05) is 0 Å². The first-order valence-corrected chi connectivity index (χ1v) is 10.4. The van der Waals surface area contributed by atoms with E-state index in [1.165, 1.54) is 25.7 Å². The van der Waals surface area contributed by atoms with Crippen LogP contribution in [0.15, 0.2) is 12.2 Å². The second-order valence-corrected chi connectivity index (χ2v) is 10.5. The molecule has 0 aromatic rings. The summed E-state index contributed by atoms with van der Waals surface area (Å²) in [5.41, 5.74) is -0.828. The SMILES string of the molecule is C/C=C\C(C)(C(=O)OC1(C(C)(C)C)CC2CC1C1CCCC21)C(C)C. The molecule has 0 radical (unpaired) electrons. The first-order chi connectivity index (χ1) is 11.6. The van der Waals surface area contributed by atoms with Crippen molar-refractivity contribution in [3.63, 3.8) is 0 Å². The van der Waals surface area contributed by atoms with E-state index in [0.29, 0.717) is 5.92 Å². The van der Waals surface area contributed by atoms with Crippen LogP contribution in [0.3, 0.4) is 0 Å². The van der Waals surface area contributed by atoms with Crippen LogP contribution in [0.2, 0.25) is 0 Å². The molecule has 0 aromatic heterocycles. The largest absolute Gasteiger partial charge is 0.458 e. The van der Waals surface area contributed by atoms with Gasteiger partial charge in [-0.2, -0.15) is 0 Å². The molecule has 3 rings (SSSR count). The van der Waals surface area contributed by atoms with E-state index in [-0.39, 0.29) is 22.9 Å². The van der Waals surface area contributed by atoms with E-state index in [1.54, 1.807) is 0 Å². The van der Waals surface area contributed by atoms with Crippen molar-refractivity contribution in [2.45, 2.75) is 86.2 Å². The quantitative estimate of drug-likeness (QED) is 0.460. The van der Waals surface area contributed by atoms with Crippen molar-refractivity contribution in [3.05, 3.63) is 12.2 Å². The molecule has 2 heteroatoms. The van der Waals surface area contributed by atoms with Gasteiger partial charge in [0, 0.05) is 11.3 Å². The number of hydrogen-bond donors (Lipinski definition) is 0. The van der Waals surface area contributed by atoms with Gasteiger partial charge in [0.2, 0.25) is 0 Å². The average Bonchev–Trinajstić information content (AvgIpc) is 3.17. The topological polar surface area (TPSA) is 26.3 Å². The minimum Gasteiger partial charge on any atom is -0.458 e. The van der Waals surface area contributed by atoms with Crippen molar-refractivity contribution in [1.29, 1.82) is 0 Å². The lowest BCUT2D eigenvalue weighted by Gasteiger charge is -2.51. The smallest absolute Gasteiger partial charge is 0.316 e. The lowest BCUT2D eigenvalue weighted by Crippen LogP contribution is -2.55. The van der Waals surface area contributed by atoms with E-state index in [0.717, 1.165) is 24.2 Å². The summed E-state index contributed by atoms with van der Waals surface area (Å²) >= 11 is 0. The summed E-state index contributed by atoms with van der Waals surface area (Å²) in [4.78, 5) is 13.4. The molecule has 3 fully saturated rings. The predicted octanol–water partition coefficient (Wildman–Crippen LogP) is 6.01. The Morgan fingerprint density at radius 2 is 1.80 bits per heavy atom. The molecule has 0 spiro atoms. The molecular weight excluding hydrogens is 308 g/mol. The zero-order valence-electron chi connectivity index (χ0n) is 17.4. The van der Waals surface area contributed by atoms with Crippen LogP contribution in [0.5, 0.6) is 0 Å². The number of ether oxygens (including phenoxy) is 1. The fraction of sp³-hybridized carbons (Fsp3) is 0.870. The highest BCUT2D eigenvalue weighted by Crippen LogP contribution is 2.67. The van der Waals surface area contributed by atoms with Gasteiger partial charge in [-0.15, -0.1) is 0 Å². The van der Waals surface area contributed by atoms with Gasteiger partial charge >= 0.3 is 5.97 Å². The first kappa shape index (κ1) is 19.0. The number of hydrogen-bond acceptors (Lipinski definition) is 2. The van der Waals surface area contributed by atoms with Crippen LogP contribution in [-0.2, 0) is 9.53 Å². The van der Waals surface area contributed by atoms with Crippen molar-refractivity contribution in [3.8, 4) is 0 Å². The van der Waals surface area contributed by atoms with Crippen LogP contribution < -0.4 is 0 Å². The Balaban J connectivity index is 1.93. The Kier molecular flexibility index (Phi) is 4.66. The Hall–Kier alpha value is -0.790. The van der Waals surface area contributed by atoms with Crippen LogP contribution in [0, 0.1) is 40.4 Å². The fourth-order valence-electron chi connectivity index (χ4n) is 6.34. The number of esters is 1. The van der Waals surface area contributed by atoms with Crippen LogP contribution in [0.4, 0.5) is 0 Å². The van der Waals surface area contributed by atoms with Gasteiger partial charge in [-0.05, 0) is 63.2 Å². The standard InChI is InChI=1S/C23H38O2/c1-8-12-22(7,15(2)3)20(24)25-23(21(4,5)6)14-16-13-19(23)18-11-9-10-17(16)18/h8,12,15-19H,9-11,13-14H2,1-7H3/b12-8-. The van der Waals surface area contributed by atoms with E-state index >= 15 is 0 Å². The lowest BCUT2D eigenvalue weighted by atomic mass is 9.62. The summed E-state index contributed by atoms with van der Waals surface area (Å²) in [5, 5.41) is 0. The van der Waals surface area contributed by atoms with E-state index in [9.17, 15) is 4.79 Å². The van der Waals surface area contributed by atoms with Gasteiger partial charge in [-0.3, -0.25) is 4.79 Å². The van der Waals surface area contributed by atoms with Gasteiger partial charge in [-0.1, -0.05) is 53.2 Å². The van der Waals surface area contributed by atoms with Gasteiger partial charge < -0.3 is 4.74 Å². The highest BCUT2D eigenvalue weighted by molar-refractivity contribution is 5.79. The van der Waals surface area contributed by atoms with Gasteiger partial charge in [-0.25, -0.2) is 0 Å². The summed E-state index contributed by atoms with van der Waals surface area (Å²) in [6.07, 6.45) is 10.5. The number of carbonyl (C=O) groups excluding carboxylic acids is 1. The zero-order valence-corrected chi connectivity index (χ0v) is 17.4. The third kappa shape index (κ3) is 2.70. The van der Waals surface area contributed by atoms with Crippen molar-refractivity contribution in [2.24, 2.45) is 40.4 Å². The van der Waals surface area contributed by atoms with E-state index < -0.39 is 5.41 Å². The number of fused-ring (bicyclic) bond motifs is 5. The molecule has 3 saturated carbocycles. The first-order valence-electron chi connectivity index (χ1n) is 10.4.